The van der Waals surface area contributed by atoms with Crippen LogP contribution in [-0.4, -0.2) is 15.0 Å². The summed E-state index contributed by atoms with van der Waals surface area (Å²) in [6.45, 7) is 0. The third-order valence-corrected chi connectivity index (χ3v) is 13.0. The molecule has 11 aromatic rings. The molecule has 0 radical (unpaired) electrons. The first-order valence-electron chi connectivity index (χ1n) is 18.7. The van der Waals surface area contributed by atoms with Crippen molar-refractivity contribution in [1.82, 2.24) is 15.0 Å². The van der Waals surface area contributed by atoms with Gasteiger partial charge in [0.2, 0.25) is 0 Å². The van der Waals surface area contributed by atoms with Crippen LogP contribution in [0.5, 0.6) is 0 Å². The van der Waals surface area contributed by atoms with Crippen LogP contribution in [0.3, 0.4) is 0 Å². The molecule has 56 heavy (non-hydrogen) atoms. The lowest BCUT2D eigenvalue weighted by Crippen LogP contribution is -1.99. The van der Waals surface area contributed by atoms with E-state index in [1.807, 2.05) is 83.3 Å². The van der Waals surface area contributed by atoms with Crippen LogP contribution in [0, 0.1) is 0 Å². The van der Waals surface area contributed by atoms with Crippen molar-refractivity contribution in [2.24, 2.45) is 0 Å². The van der Waals surface area contributed by atoms with E-state index in [9.17, 15) is 0 Å². The van der Waals surface area contributed by atoms with E-state index in [2.05, 4.69) is 127 Å². The van der Waals surface area contributed by atoms with Crippen molar-refractivity contribution >= 4 is 63.0 Å². The third kappa shape index (κ3) is 5.68. The summed E-state index contributed by atoms with van der Waals surface area (Å²) in [6.07, 6.45) is 0. The highest BCUT2D eigenvalue weighted by molar-refractivity contribution is 7.27. The first-order valence-corrected chi connectivity index (χ1v) is 20.3. The van der Waals surface area contributed by atoms with E-state index in [-0.39, 0.29) is 0 Å². The van der Waals surface area contributed by atoms with Gasteiger partial charge in [0.25, 0.3) is 0 Å². The van der Waals surface area contributed by atoms with E-state index in [0.29, 0.717) is 17.5 Å². The average molecular weight is 750 g/mol. The fourth-order valence-corrected chi connectivity index (χ4v) is 10.2. The maximum absolute atomic E-state index is 5.03. The summed E-state index contributed by atoms with van der Waals surface area (Å²) in [7, 11) is 0. The minimum absolute atomic E-state index is 0.662. The maximum atomic E-state index is 5.03. The van der Waals surface area contributed by atoms with Crippen LogP contribution >= 0.6 is 22.7 Å². The molecule has 5 heteroatoms. The molecule has 0 aliphatic carbocycles. The Morgan fingerprint density at radius 1 is 0.268 bits per heavy atom. The van der Waals surface area contributed by atoms with Crippen molar-refractivity contribution in [3.8, 4) is 67.5 Å². The number of thiophene rings is 2. The normalized spacial score (nSPS) is 11.6. The number of hydrogen-bond acceptors (Lipinski definition) is 5. The van der Waals surface area contributed by atoms with Crippen molar-refractivity contribution < 1.29 is 0 Å². The maximum Gasteiger partial charge on any atom is 0.164 e. The van der Waals surface area contributed by atoms with Gasteiger partial charge < -0.3 is 0 Å². The van der Waals surface area contributed by atoms with Gasteiger partial charge in [-0.05, 0) is 46.5 Å². The molecule has 0 unspecified atom stereocenters. The van der Waals surface area contributed by atoms with Gasteiger partial charge in [0, 0.05) is 68.2 Å². The molecule has 0 aliphatic heterocycles. The summed E-state index contributed by atoms with van der Waals surface area (Å²) in [6, 6.07) is 66.9. The van der Waals surface area contributed by atoms with Crippen LogP contribution in [0.2, 0.25) is 0 Å². The summed E-state index contributed by atoms with van der Waals surface area (Å²) in [4.78, 5) is 15.0. The number of aromatic nitrogens is 3. The van der Waals surface area contributed by atoms with Gasteiger partial charge >= 0.3 is 0 Å². The Morgan fingerprint density at radius 2 is 0.750 bits per heavy atom. The van der Waals surface area contributed by atoms with Gasteiger partial charge in [0.1, 0.15) is 0 Å². The van der Waals surface area contributed by atoms with Crippen LogP contribution in [0.15, 0.2) is 188 Å². The zero-order valence-corrected chi connectivity index (χ0v) is 31.7. The lowest BCUT2D eigenvalue weighted by Gasteiger charge is -2.11. The lowest BCUT2D eigenvalue weighted by atomic mass is 9.94. The monoisotopic (exact) mass is 749 g/mol. The predicted molar refractivity (Wildman–Crippen MR) is 238 cm³/mol. The Kier molecular flexibility index (Phi) is 7.87. The minimum Gasteiger partial charge on any atom is -0.208 e. The molecule has 0 spiro atoms. The number of hydrogen-bond donors (Lipinski definition) is 0. The topological polar surface area (TPSA) is 38.7 Å². The predicted octanol–water partition coefficient (Wildman–Crippen LogP) is 14.6. The highest BCUT2D eigenvalue weighted by Crippen LogP contribution is 2.47. The van der Waals surface area contributed by atoms with Crippen molar-refractivity contribution in [1.29, 1.82) is 0 Å². The molecule has 262 valence electrons. The molecule has 11 rings (SSSR count). The molecule has 0 saturated heterocycles. The minimum atomic E-state index is 0.662. The highest BCUT2D eigenvalue weighted by Gasteiger charge is 2.19. The Balaban J connectivity index is 1.07. The number of fused-ring (bicyclic) bond motifs is 6. The lowest BCUT2D eigenvalue weighted by molar-refractivity contribution is 1.07. The molecule has 0 amide bonds. The number of nitrogens with zero attached hydrogens (tertiary/aromatic N) is 3. The van der Waals surface area contributed by atoms with Gasteiger partial charge in [-0.15, -0.1) is 22.7 Å². The summed E-state index contributed by atoms with van der Waals surface area (Å²) in [5.74, 6) is 1.99. The van der Waals surface area contributed by atoms with Crippen molar-refractivity contribution in [2.45, 2.75) is 0 Å². The van der Waals surface area contributed by atoms with Crippen LogP contribution in [0.4, 0.5) is 0 Å². The van der Waals surface area contributed by atoms with Crippen LogP contribution in [0.25, 0.3) is 108 Å². The second kappa shape index (κ2) is 13.5. The fourth-order valence-electron chi connectivity index (χ4n) is 7.77. The Hall–Kier alpha value is -6.79. The van der Waals surface area contributed by atoms with Crippen molar-refractivity contribution in [2.75, 3.05) is 0 Å². The summed E-state index contributed by atoms with van der Waals surface area (Å²) < 4.78 is 5.10. The van der Waals surface area contributed by atoms with E-state index in [4.69, 9.17) is 15.0 Å². The molecule has 8 aromatic carbocycles. The largest absolute Gasteiger partial charge is 0.208 e. The number of benzene rings is 8. The quantitative estimate of drug-likeness (QED) is 0.170. The zero-order valence-electron chi connectivity index (χ0n) is 30.1. The third-order valence-electron chi connectivity index (χ3n) is 10.6. The molecule has 0 aliphatic rings. The molecule has 0 saturated carbocycles. The van der Waals surface area contributed by atoms with Crippen LogP contribution < -0.4 is 0 Å². The van der Waals surface area contributed by atoms with Gasteiger partial charge in [0.15, 0.2) is 17.5 Å². The van der Waals surface area contributed by atoms with E-state index >= 15 is 0 Å². The van der Waals surface area contributed by atoms with Gasteiger partial charge in [-0.1, -0.05) is 164 Å². The van der Waals surface area contributed by atoms with Gasteiger partial charge in [0.05, 0.1) is 0 Å². The first kappa shape index (κ1) is 32.6. The van der Waals surface area contributed by atoms with E-state index < -0.39 is 0 Å². The molecule has 0 atom stereocenters. The van der Waals surface area contributed by atoms with E-state index in [0.717, 1.165) is 16.7 Å². The van der Waals surface area contributed by atoms with Crippen LogP contribution in [-0.2, 0) is 0 Å². The first-order chi connectivity index (χ1) is 27.7. The highest BCUT2D eigenvalue weighted by atomic mass is 32.1. The summed E-state index contributed by atoms with van der Waals surface area (Å²) in [5, 5.41) is 5.08. The number of rotatable bonds is 6. The SMILES string of the molecule is c1ccc(-c2ccc(-c3cc(-c4cccc5c4sc4cc(-c6nc(-c7ccccc7)nc(-c7ccccc7)n6)ccc45)c4sc5ccccc5c4c3)cc2)cc1. The van der Waals surface area contributed by atoms with E-state index in [1.165, 1.54) is 73.7 Å². The molecule has 0 bridgehead atoms. The zero-order chi connectivity index (χ0) is 37.0. The van der Waals surface area contributed by atoms with Crippen LogP contribution in [0.1, 0.15) is 0 Å². The molecule has 0 fully saturated rings. The Labute approximate surface area is 331 Å². The van der Waals surface area contributed by atoms with Crippen molar-refractivity contribution in [3.05, 3.63) is 188 Å². The second-order valence-electron chi connectivity index (χ2n) is 14.0. The van der Waals surface area contributed by atoms with Gasteiger partial charge in [-0.2, -0.15) is 0 Å². The molecule has 3 nitrogen and oxygen atoms in total. The molecular formula is C51H31N3S2. The van der Waals surface area contributed by atoms with Crippen molar-refractivity contribution in [3.63, 3.8) is 0 Å². The summed E-state index contributed by atoms with van der Waals surface area (Å²) >= 11 is 3.73. The van der Waals surface area contributed by atoms with Gasteiger partial charge in [-0.3, -0.25) is 0 Å². The average Bonchev–Trinajstić information content (AvgIpc) is 3.85. The van der Waals surface area contributed by atoms with E-state index in [1.54, 1.807) is 0 Å². The Morgan fingerprint density at radius 3 is 1.43 bits per heavy atom. The molecule has 0 N–H and O–H groups in total. The van der Waals surface area contributed by atoms with Gasteiger partial charge in [-0.25, -0.2) is 15.0 Å². The molecule has 3 heterocycles. The second-order valence-corrected chi connectivity index (χ2v) is 16.1. The smallest absolute Gasteiger partial charge is 0.164 e. The standard InChI is InChI=1S/C51H31N3S2/c1-4-13-32(14-5-1)33-23-25-34(26-24-33)38-29-43-39-19-10-11-22-45(39)55-48(43)44(30-38)42-21-12-20-41-40-28-27-37(31-46(40)56-47(41)42)51-53-49(35-15-6-2-7-16-35)52-50(54-51)36-17-8-3-9-18-36/h1-31H. The molecule has 3 aromatic heterocycles. The fraction of sp³-hybridized carbons (Fsp3) is 0. The summed E-state index contributed by atoms with van der Waals surface area (Å²) in [5.41, 5.74) is 10.3. The molecular weight excluding hydrogens is 719 g/mol. The Bertz CT molecular complexity index is 3170.